The zero-order chi connectivity index (χ0) is 10.3. The van der Waals surface area contributed by atoms with Crippen molar-refractivity contribution in [2.75, 3.05) is 0 Å². The molecule has 0 aliphatic rings. The normalized spacial score (nSPS) is 12.1. The minimum Gasteiger partial charge on any atom is -0.240 e. The molecule has 0 bridgehead atoms. The van der Waals surface area contributed by atoms with E-state index in [9.17, 15) is 8.42 Å². The van der Waals surface area contributed by atoms with E-state index >= 15 is 0 Å². The van der Waals surface area contributed by atoms with Gasteiger partial charge in [0.15, 0.2) is 0 Å². The Morgan fingerprint density at radius 2 is 2.14 bits per heavy atom. The second kappa shape index (κ2) is 3.01. The fourth-order valence-corrected chi connectivity index (χ4v) is 2.88. The summed E-state index contributed by atoms with van der Waals surface area (Å²) < 4.78 is 23.2. The van der Waals surface area contributed by atoms with Gasteiger partial charge >= 0.3 is 0 Å². The molecule has 2 rings (SSSR count). The van der Waals surface area contributed by atoms with Gasteiger partial charge in [0, 0.05) is 0 Å². The van der Waals surface area contributed by atoms with Crippen molar-refractivity contribution in [2.24, 2.45) is 5.14 Å². The van der Waals surface area contributed by atoms with Crippen LogP contribution < -0.4 is 5.14 Å². The summed E-state index contributed by atoms with van der Waals surface area (Å²) >= 11 is 1.45. The monoisotopic (exact) mass is 228 g/mol. The van der Waals surface area contributed by atoms with Gasteiger partial charge < -0.3 is 0 Å². The number of fused-ring (bicyclic) bond motifs is 1. The second-order valence-corrected chi connectivity index (χ2v) is 5.65. The highest BCUT2D eigenvalue weighted by molar-refractivity contribution is 7.89. The first-order chi connectivity index (χ1) is 6.48. The van der Waals surface area contributed by atoms with Crippen molar-refractivity contribution in [1.29, 1.82) is 0 Å². The van der Waals surface area contributed by atoms with E-state index in [1.165, 1.54) is 17.4 Å². The Kier molecular flexibility index (Phi) is 2.06. The van der Waals surface area contributed by atoms with Gasteiger partial charge in [0.25, 0.3) is 0 Å². The van der Waals surface area contributed by atoms with Gasteiger partial charge in [-0.2, -0.15) is 0 Å². The number of nitrogens with two attached hydrogens (primary N) is 1. The van der Waals surface area contributed by atoms with Crippen LogP contribution >= 0.6 is 11.3 Å². The third-order valence-corrected chi connectivity index (χ3v) is 3.67. The summed E-state index contributed by atoms with van der Waals surface area (Å²) in [6.07, 6.45) is 0. The first-order valence-electron chi connectivity index (χ1n) is 3.87. The molecule has 1 aromatic carbocycles. The predicted octanol–water partition coefficient (Wildman–Crippen LogP) is 1.25. The Balaban J connectivity index is 2.90. The number of aromatic nitrogens is 1. The predicted molar refractivity (Wildman–Crippen MR) is 55.7 cm³/mol. The molecule has 74 valence electrons. The van der Waals surface area contributed by atoms with Crippen LogP contribution in [0.2, 0.25) is 0 Å². The molecule has 2 aromatic rings. The van der Waals surface area contributed by atoms with E-state index in [1.54, 1.807) is 6.07 Å². The number of sulfonamides is 1. The summed E-state index contributed by atoms with van der Waals surface area (Å²) in [7, 11) is -3.67. The van der Waals surface area contributed by atoms with Gasteiger partial charge in [-0.25, -0.2) is 18.5 Å². The lowest BCUT2D eigenvalue weighted by atomic mass is 10.3. The zero-order valence-electron chi connectivity index (χ0n) is 7.39. The molecule has 0 fully saturated rings. The van der Waals surface area contributed by atoms with Crippen molar-refractivity contribution >= 4 is 31.6 Å². The van der Waals surface area contributed by atoms with Crippen molar-refractivity contribution in [1.82, 2.24) is 4.98 Å². The van der Waals surface area contributed by atoms with Crippen molar-refractivity contribution < 1.29 is 8.42 Å². The molecule has 0 amide bonds. The van der Waals surface area contributed by atoms with Crippen molar-refractivity contribution in [3.05, 3.63) is 23.2 Å². The summed E-state index contributed by atoms with van der Waals surface area (Å²) in [5.41, 5.74) is 0.470. The van der Waals surface area contributed by atoms with E-state index in [1.807, 2.05) is 13.0 Å². The van der Waals surface area contributed by atoms with Crippen LogP contribution in [-0.2, 0) is 10.0 Å². The van der Waals surface area contributed by atoms with Crippen molar-refractivity contribution in [3.63, 3.8) is 0 Å². The highest BCUT2D eigenvalue weighted by Gasteiger charge is 2.14. The lowest BCUT2D eigenvalue weighted by molar-refractivity contribution is 0.598. The van der Waals surface area contributed by atoms with E-state index in [0.717, 1.165) is 9.71 Å². The number of hydrogen-bond acceptors (Lipinski definition) is 4. The molecule has 0 aliphatic carbocycles. The molecule has 4 nitrogen and oxygen atoms in total. The highest BCUT2D eigenvalue weighted by Crippen LogP contribution is 2.26. The fourth-order valence-electron chi connectivity index (χ4n) is 1.26. The molecule has 6 heteroatoms. The van der Waals surface area contributed by atoms with E-state index in [2.05, 4.69) is 4.98 Å². The summed E-state index contributed by atoms with van der Waals surface area (Å²) in [5.74, 6) is 0. The first kappa shape index (κ1) is 9.57. The number of aryl methyl sites for hydroxylation is 1. The number of nitrogens with zero attached hydrogens (tertiary/aromatic N) is 1. The SMILES string of the molecule is Cc1nc2c(S(N)(=O)=O)cccc2s1. The Hall–Kier alpha value is -0.980. The van der Waals surface area contributed by atoms with E-state index in [0.29, 0.717) is 5.52 Å². The fraction of sp³-hybridized carbons (Fsp3) is 0.125. The number of hydrogen-bond donors (Lipinski definition) is 1. The van der Waals surface area contributed by atoms with E-state index in [-0.39, 0.29) is 4.90 Å². The highest BCUT2D eigenvalue weighted by atomic mass is 32.2. The molecule has 1 heterocycles. The Labute approximate surface area is 85.4 Å². The molecule has 14 heavy (non-hydrogen) atoms. The van der Waals surface area contributed by atoms with E-state index < -0.39 is 10.0 Å². The lowest BCUT2D eigenvalue weighted by Gasteiger charge is -1.97. The van der Waals surface area contributed by atoms with E-state index in [4.69, 9.17) is 5.14 Å². The van der Waals surface area contributed by atoms with Crippen LogP contribution in [0.25, 0.3) is 10.2 Å². The molecule has 0 aliphatic heterocycles. The summed E-state index contributed by atoms with van der Waals surface area (Å²) in [6.45, 7) is 1.83. The van der Waals surface area contributed by atoms with Crippen LogP contribution in [0.3, 0.4) is 0 Å². The van der Waals surface area contributed by atoms with Crippen LogP contribution in [-0.4, -0.2) is 13.4 Å². The molecule has 0 unspecified atom stereocenters. The third kappa shape index (κ3) is 1.52. The molecular weight excluding hydrogens is 220 g/mol. The van der Waals surface area contributed by atoms with Crippen LogP contribution in [0.15, 0.2) is 23.1 Å². The number of primary sulfonamides is 1. The number of para-hydroxylation sites is 1. The van der Waals surface area contributed by atoms with Crippen molar-refractivity contribution in [2.45, 2.75) is 11.8 Å². The van der Waals surface area contributed by atoms with Crippen LogP contribution in [0.1, 0.15) is 5.01 Å². The lowest BCUT2D eigenvalue weighted by Crippen LogP contribution is -2.12. The summed E-state index contributed by atoms with van der Waals surface area (Å²) in [6, 6.07) is 4.96. The standard InChI is InChI=1S/C8H8N2O2S2/c1-5-10-8-6(13-5)3-2-4-7(8)14(9,11)12/h2-4H,1H3,(H2,9,11,12). The van der Waals surface area contributed by atoms with Gasteiger partial charge in [-0.1, -0.05) is 6.07 Å². The Morgan fingerprint density at radius 3 is 2.79 bits per heavy atom. The Morgan fingerprint density at radius 1 is 1.43 bits per heavy atom. The van der Waals surface area contributed by atoms with Crippen LogP contribution in [0.4, 0.5) is 0 Å². The average Bonchev–Trinajstić information content (AvgIpc) is 2.41. The molecule has 0 saturated heterocycles. The molecule has 0 radical (unpaired) electrons. The molecule has 1 aromatic heterocycles. The topological polar surface area (TPSA) is 73.0 Å². The van der Waals surface area contributed by atoms with Gasteiger partial charge in [0.2, 0.25) is 10.0 Å². The zero-order valence-corrected chi connectivity index (χ0v) is 9.02. The molecular formula is C8H8N2O2S2. The quantitative estimate of drug-likeness (QED) is 0.798. The number of thiazole rings is 1. The van der Waals surface area contributed by atoms with Gasteiger partial charge in [-0.05, 0) is 19.1 Å². The van der Waals surface area contributed by atoms with Crippen molar-refractivity contribution in [3.8, 4) is 0 Å². The Bertz CT molecular complexity index is 586. The van der Waals surface area contributed by atoms with Crippen LogP contribution in [0.5, 0.6) is 0 Å². The van der Waals surface area contributed by atoms with Gasteiger partial charge in [0.1, 0.15) is 10.4 Å². The van der Waals surface area contributed by atoms with Gasteiger partial charge in [-0.3, -0.25) is 0 Å². The smallest absolute Gasteiger partial charge is 0.240 e. The van der Waals surface area contributed by atoms with Gasteiger partial charge in [-0.15, -0.1) is 11.3 Å². The largest absolute Gasteiger partial charge is 0.240 e. The summed E-state index contributed by atoms with van der Waals surface area (Å²) in [5, 5.41) is 5.90. The average molecular weight is 228 g/mol. The maximum atomic E-state index is 11.2. The molecule has 2 N–H and O–H groups in total. The van der Waals surface area contributed by atoms with Gasteiger partial charge in [0.05, 0.1) is 9.71 Å². The number of benzene rings is 1. The first-order valence-corrected chi connectivity index (χ1v) is 6.24. The minimum absolute atomic E-state index is 0.0966. The molecule has 0 saturated carbocycles. The third-order valence-electron chi connectivity index (χ3n) is 1.80. The van der Waals surface area contributed by atoms with Crippen LogP contribution in [0, 0.1) is 6.92 Å². The summed E-state index contributed by atoms with van der Waals surface area (Å²) in [4.78, 5) is 4.24. The molecule has 0 atom stereocenters. The number of rotatable bonds is 1. The molecule has 0 spiro atoms. The minimum atomic E-state index is -3.67. The maximum Gasteiger partial charge on any atom is 0.240 e. The maximum absolute atomic E-state index is 11.2. The second-order valence-electron chi connectivity index (χ2n) is 2.88.